The van der Waals surface area contributed by atoms with Gasteiger partial charge in [0.2, 0.25) is 6.29 Å². The molecule has 170 valence electrons. The summed E-state index contributed by atoms with van der Waals surface area (Å²) >= 11 is 0. The molecule has 5 N–H and O–H groups in total. The molecule has 0 unspecified atom stereocenters. The number of carbonyl (C=O) groups is 1. The molecule has 9 heteroatoms. The Balaban J connectivity index is 1.45. The highest BCUT2D eigenvalue weighted by molar-refractivity contribution is 5.73. The molecule has 0 spiro atoms. The number of piperazine rings is 1. The first-order valence-corrected chi connectivity index (χ1v) is 10.7. The lowest BCUT2D eigenvalue weighted by atomic mass is 9.96. The molecule has 0 aromatic heterocycles. The van der Waals surface area contributed by atoms with E-state index in [0.29, 0.717) is 12.2 Å². The molecule has 9 nitrogen and oxygen atoms in total. The molecule has 0 bridgehead atoms. The number of fused-ring (bicyclic) bond motifs is 5. The van der Waals surface area contributed by atoms with E-state index < -0.39 is 36.7 Å². The van der Waals surface area contributed by atoms with E-state index in [1.165, 1.54) is 11.1 Å². The molecule has 2 fully saturated rings. The van der Waals surface area contributed by atoms with Crippen molar-refractivity contribution in [1.29, 1.82) is 0 Å². The van der Waals surface area contributed by atoms with Gasteiger partial charge in [0.25, 0.3) is 0 Å². The van der Waals surface area contributed by atoms with Gasteiger partial charge in [0.05, 0.1) is 6.04 Å². The average molecular weight is 442 g/mol. The summed E-state index contributed by atoms with van der Waals surface area (Å²) in [5.74, 6) is -1.06. The number of nitrogens with one attached hydrogen (secondary N) is 1. The van der Waals surface area contributed by atoms with E-state index >= 15 is 0 Å². The first-order chi connectivity index (χ1) is 15.4. The van der Waals surface area contributed by atoms with Gasteiger partial charge in [-0.1, -0.05) is 24.3 Å². The molecule has 0 radical (unpaired) electrons. The fourth-order valence-electron chi connectivity index (χ4n) is 4.84. The van der Waals surface area contributed by atoms with Crippen LogP contribution in [0.25, 0.3) is 0 Å². The second-order valence-corrected chi connectivity index (χ2v) is 8.43. The van der Waals surface area contributed by atoms with Crippen LogP contribution in [0.1, 0.15) is 22.7 Å². The number of aliphatic hydroxyl groups excluding tert-OH is 3. The van der Waals surface area contributed by atoms with Gasteiger partial charge in [-0.3, -0.25) is 0 Å². The Kier molecular flexibility index (Phi) is 5.52. The predicted molar refractivity (Wildman–Crippen MR) is 114 cm³/mol. The first kappa shape index (κ1) is 21.2. The van der Waals surface area contributed by atoms with Gasteiger partial charge in [0.1, 0.15) is 24.1 Å². The van der Waals surface area contributed by atoms with Crippen molar-refractivity contribution in [1.82, 2.24) is 5.32 Å². The van der Waals surface area contributed by atoms with Crippen LogP contribution in [0.2, 0.25) is 0 Å². The van der Waals surface area contributed by atoms with E-state index in [1.807, 2.05) is 18.2 Å². The van der Waals surface area contributed by atoms with Crippen molar-refractivity contribution in [2.24, 2.45) is 0 Å². The molecule has 0 aliphatic carbocycles. The van der Waals surface area contributed by atoms with Gasteiger partial charge in [-0.25, -0.2) is 4.79 Å². The van der Waals surface area contributed by atoms with Gasteiger partial charge in [-0.2, -0.15) is 0 Å². The van der Waals surface area contributed by atoms with Gasteiger partial charge >= 0.3 is 5.97 Å². The van der Waals surface area contributed by atoms with Crippen molar-refractivity contribution >= 4 is 11.7 Å². The van der Waals surface area contributed by atoms with Gasteiger partial charge in [0.15, 0.2) is 6.10 Å². The highest BCUT2D eigenvalue weighted by atomic mass is 16.7. The minimum absolute atomic E-state index is 0.226. The summed E-state index contributed by atoms with van der Waals surface area (Å²) in [6.45, 7) is 2.60. The molecule has 5 rings (SSSR count). The van der Waals surface area contributed by atoms with Crippen molar-refractivity contribution in [2.75, 3.05) is 24.5 Å². The Morgan fingerprint density at radius 1 is 1.06 bits per heavy atom. The number of anilines is 1. The monoisotopic (exact) mass is 442 g/mol. The van der Waals surface area contributed by atoms with E-state index in [9.17, 15) is 25.2 Å². The number of benzene rings is 2. The topological polar surface area (TPSA) is 132 Å². The number of ether oxygens (including phenoxy) is 2. The van der Waals surface area contributed by atoms with Crippen LogP contribution in [0, 0.1) is 0 Å². The molecule has 3 aliphatic rings. The van der Waals surface area contributed by atoms with E-state index in [0.717, 1.165) is 30.9 Å². The number of rotatable bonds is 3. The number of carboxylic acid groups (broad SMARTS) is 1. The quantitative estimate of drug-likeness (QED) is 0.446. The summed E-state index contributed by atoms with van der Waals surface area (Å²) in [4.78, 5) is 13.7. The normalized spacial score (nSPS) is 31.7. The number of nitrogens with zero attached hydrogens (tertiary/aromatic N) is 1. The fourth-order valence-corrected chi connectivity index (χ4v) is 4.84. The van der Waals surface area contributed by atoms with Crippen LogP contribution in [0.3, 0.4) is 0 Å². The Morgan fingerprint density at radius 2 is 1.88 bits per heavy atom. The van der Waals surface area contributed by atoms with Crippen LogP contribution in [-0.4, -0.2) is 76.7 Å². The number of aliphatic carboxylic acids is 1. The Labute approximate surface area is 184 Å². The Bertz CT molecular complexity index is 1020. The van der Waals surface area contributed by atoms with Crippen molar-refractivity contribution in [2.45, 2.75) is 43.2 Å². The van der Waals surface area contributed by atoms with Gasteiger partial charge in [-0.05, 0) is 41.3 Å². The van der Waals surface area contributed by atoms with Crippen LogP contribution in [-0.2, 0) is 16.0 Å². The molecule has 2 aromatic carbocycles. The molecule has 32 heavy (non-hydrogen) atoms. The van der Waals surface area contributed by atoms with Crippen molar-refractivity contribution in [3.05, 3.63) is 59.2 Å². The van der Waals surface area contributed by atoms with Crippen LogP contribution in [0.4, 0.5) is 5.69 Å². The van der Waals surface area contributed by atoms with Gasteiger partial charge < -0.3 is 40.1 Å². The molecule has 2 aromatic rings. The van der Waals surface area contributed by atoms with Crippen molar-refractivity contribution in [3.8, 4) is 5.75 Å². The minimum atomic E-state index is -1.75. The van der Waals surface area contributed by atoms with Crippen molar-refractivity contribution in [3.63, 3.8) is 0 Å². The molecule has 0 saturated carbocycles. The smallest absolute Gasteiger partial charge is 0.335 e. The number of hydrogen-bond acceptors (Lipinski definition) is 8. The summed E-state index contributed by atoms with van der Waals surface area (Å²) in [7, 11) is 0. The van der Waals surface area contributed by atoms with Gasteiger partial charge in [-0.15, -0.1) is 0 Å². The average Bonchev–Trinajstić information content (AvgIpc) is 2.93. The third-order valence-corrected chi connectivity index (χ3v) is 6.46. The SMILES string of the molecule is O=C(O)[C@H]1O[C@@H](Oc2ccc3c(c2)Cc2ccccc2[C@H]2CNCCN32)[C@H](O)[C@@H](O)[C@@H]1O. The maximum absolute atomic E-state index is 11.4. The Morgan fingerprint density at radius 3 is 2.69 bits per heavy atom. The largest absolute Gasteiger partial charge is 0.479 e. The lowest BCUT2D eigenvalue weighted by molar-refractivity contribution is -0.271. The molecular formula is C23H26N2O7. The second-order valence-electron chi connectivity index (χ2n) is 8.43. The fraction of sp³-hybridized carbons (Fsp3) is 0.435. The molecule has 6 atom stereocenters. The molecular weight excluding hydrogens is 416 g/mol. The van der Waals surface area contributed by atoms with Crippen LogP contribution in [0.15, 0.2) is 42.5 Å². The van der Waals surface area contributed by atoms with E-state index in [-0.39, 0.29) is 6.04 Å². The van der Waals surface area contributed by atoms with Crippen LogP contribution in [0.5, 0.6) is 5.75 Å². The highest BCUT2D eigenvalue weighted by Gasteiger charge is 2.48. The zero-order valence-electron chi connectivity index (χ0n) is 17.3. The zero-order chi connectivity index (χ0) is 22.4. The van der Waals surface area contributed by atoms with E-state index in [1.54, 1.807) is 6.07 Å². The lowest BCUT2D eigenvalue weighted by Gasteiger charge is -2.39. The Hall–Kier alpha value is -2.69. The standard InChI is InChI=1S/C23H26N2O7/c26-18-19(27)21(22(29)30)32-23(20(18)28)31-14-5-6-16-13(10-14)9-12-3-1-2-4-15(12)17-11-24-7-8-25(16)17/h1-6,10,17-21,23-24,26-28H,7-9,11H2,(H,29,30)/t17-,18+,19+,20-,21+,23-/m1/s1. The van der Waals surface area contributed by atoms with E-state index in [2.05, 4.69) is 28.4 Å². The van der Waals surface area contributed by atoms with Crippen LogP contribution < -0.4 is 15.0 Å². The molecule has 3 aliphatic heterocycles. The molecule has 3 heterocycles. The van der Waals surface area contributed by atoms with E-state index in [4.69, 9.17) is 9.47 Å². The maximum Gasteiger partial charge on any atom is 0.335 e. The summed E-state index contributed by atoms with van der Waals surface area (Å²) in [6.07, 6.45) is -7.49. The third kappa shape index (κ3) is 3.62. The summed E-state index contributed by atoms with van der Waals surface area (Å²) < 4.78 is 11.0. The first-order valence-electron chi connectivity index (χ1n) is 10.7. The van der Waals surface area contributed by atoms with Gasteiger partial charge in [0, 0.05) is 25.3 Å². The maximum atomic E-state index is 11.4. The zero-order valence-corrected chi connectivity index (χ0v) is 17.3. The highest BCUT2D eigenvalue weighted by Crippen LogP contribution is 2.39. The number of hydrogen-bond donors (Lipinski definition) is 5. The lowest BCUT2D eigenvalue weighted by Crippen LogP contribution is -2.61. The summed E-state index contributed by atoms with van der Waals surface area (Å²) in [6, 6.07) is 14.2. The van der Waals surface area contributed by atoms with Crippen molar-refractivity contribution < 1.29 is 34.7 Å². The summed E-state index contributed by atoms with van der Waals surface area (Å²) in [5, 5.41) is 42.9. The second kappa shape index (κ2) is 8.34. The number of aliphatic hydroxyl groups is 3. The number of carboxylic acids is 1. The minimum Gasteiger partial charge on any atom is -0.479 e. The summed E-state index contributed by atoms with van der Waals surface area (Å²) in [5.41, 5.74) is 4.65. The third-order valence-electron chi connectivity index (χ3n) is 6.46. The predicted octanol–water partition coefficient (Wildman–Crippen LogP) is 0.0127. The molecule has 0 amide bonds. The molecule has 2 saturated heterocycles. The van der Waals surface area contributed by atoms with Crippen LogP contribution >= 0.6 is 0 Å².